The van der Waals surface area contributed by atoms with Crippen LogP contribution in [0.4, 0.5) is 0 Å². The number of likely N-dealkylation sites (tertiary alicyclic amines) is 1. The predicted octanol–water partition coefficient (Wildman–Crippen LogP) is 2.52. The number of carbonyl (C=O) groups is 2. The van der Waals surface area contributed by atoms with E-state index in [1.165, 1.54) is 4.90 Å². The third kappa shape index (κ3) is 2.02. The number of imide groups is 1. The summed E-state index contributed by atoms with van der Waals surface area (Å²) < 4.78 is 0.969. The van der Waals surface area contributed by atoms with Crippen molar-refractivity contribution in [2.24, 2.45) is 0 Å². The lowest BCUT2D eigenvalue weighted by molar-refractivity contribution is -0.125. The fraction of sp³-hybridized carbons (Fsp3) is 0.333. The number of amides is 2. The summed E-state index contributed by atoms with van der Waals surface area (Å²) in [6.45, 7) is 2.47. The number of aryl methyl sites for hydroxylation is 1. The standard InChI is InChI=1S/C12H12BrNO2/c1-8-7-9(4-5-10(8)13)12(16)14-6-2-3-11(14)15/h4-5,7H,2-3,6H2,1H3. The molecule has 0 spiro atoms. The van der Waals surface area contributed by atoms with Crippen molar-refractivity contribution >= 4 is 27.7 Å². The fourth-order valence-corrected chi connectivity index (χ4v) is 2.04. The van der Waals surface area contributed by atoms with Crippen molar-refractivity contribution in [2.75, 3.05) is 6.54 Å². The maximum Gasteiger partial charge on any atom is 0.260 e. The molecule has 0 unspecified atom stereocenters. The highest BCUT2D eigenvalue weighted by molar-refractivity contribution is 9.10. The molecule has 1 aromatic rings. The van der Waals surface area contributed by atoms with Crippen LogP contribution in [0, 0.1) is 6.92 Å². The zero-order valence-electron chi connectivity index (χ0n) is 9.00. The molecular formula is C12H12BrNO2. The maximum atomic E-state index is 12.0. The van der Waals surface area contributed by atoms with Gasteiger partial charge >= 0.3 is 0 Å². The number of nitrogens with zero attached hydrogens (tertiary/aromatic N) is 1. The second-order valence-electron chi connectivity index (χ2n) is 3.92. The first-order valence-corrected chi connectivity index (χ1v) is 6.00. The molecule has 4 heteroatoms. The average molecular weight is 282 g/mol. The summed E-state index contributed by atoms with van der Waals surface area (Å²) >= 11 is 3.38. The van der Waals surface area contributed by atoms with Crippen molar-refractivity contribution in [2.45, 2.75) is 19.8 Å². The molecule has 0 atom stereocenters. The van der Waals surface area contributed by atoms with E-state index in [9.17, 15) is 9.59 Å². The monoisotopic (exact) mass is 281 g/mol. The molecule has 0 radical (unpaired) electrons. The maximum absolute atomic E-state index is 12.0. The van der Waals surface area contributed by atoms with Gasteiger partial charge in [0.05, 0.1) is 0 Å². The molecular weight excluding hydrogens is 270 g/mol. The Bertz CT molecular complexity index is 456. The van der Waals surface area contributed by atoms with Crippen LogP contribution < -0.4 is 0 Å². The van der Waals surface area contributed by atoms with Gasteiger partial charge in [-0.05, 0) is 37.1 Å². The van der Waals surface area contributed by atoms with Gasteiger partial charge in [-0.3, -0.25) is 14.5 Å². The lowest BCUT2D eigenvalue weighted by Gasteiger charge is -2.13. The van der Waals surface area contributed by atoms with Crippen LogP contribution >= 0.6 is 15.9 Å². The highest BCUT2D eigenvalue weighted by Crippen LogP contribution is 2.20. The zero-order chi connectivity index (χ0) is 11.7. The second kappa shape index (κ2) is 4.37. The summed E-state index contributed by atoms with van der Waals surface area (Å²) in [5, 5.41) is 0. The van der Waals surface area contributed by atoms with Gasteiger partial charge in [-0.2, -0.15) is 0 Å². The number of benzene rings is 1. The lowest BCUT2D eigenvalue weighted by atomic mass is 10.1. The lowest BCUT2D eigenvalue weighted by Crippen LogP contribution is -2.31. The summed E-state index contributed by atoms with van der Waals surface area (Å²) in [4.78, 5) is 24.8. The van der Waals surface area contributed by atoms with Crippen LogP contribution in [0.15, 0.2) is 22.7 Å². The van der Waals surface area contributed by atoms with Crippen LogP contribution in [-0.2, 0) is 4.79 Å². The second-order valence-corrected chi connectivity index (χ2v) is 4.77. The van der Waals surface area contributed by atoms with Crippen LogP contribution in [0.3, 0.4) is 0 Å². The van der Waals surface area contributed by atoms with Gasteiger partial charge < -0.3 is 0 Å². The van der Waals surface area contributed by atoms with Gasteiger partial charge in [-0.1, -0.05) is 15.9 Å². The zero-order valence-corrected chi connectivity index (χ0v) is 10.6. The smallest absolute Gasteiger partial charge is 0.260 e. The molecule has 1 heterocycles. The predicted molar refractivity (Wildman–Crippen MR) is 64.2 cm³/mol. The molecule has 2 rings (SSSR count). The Morgan fingerprint density at radius 2 is 2.19 bits per heavy atom. The Balaban J connectivity index is 2.27. The fourth-order valence-electron chi connectivity index (χ4n) is 1.80. The van der Waals surface area contributed by atoms with Gasteiger partial charge in [0.15, 0.2) is 0 Å². The molecule has 16 heavy (non-hydrogen) atoms. The number of hydrogen-bond acceptors (Lipinski definition) is 2. The Morgan fingerprint density at radius 1 is 1.44 bits per heavy atom. The van der Waals surface area contributed by atoms with Crippen LogP contribution in [0.5, 0.6) is 0 Å². The van der Waals surface area contributed by atoms with Crippen molar-refractivity contribution in [3.63, 3.8) is 0 Å². The molecule has 0 saturated carbocycles. The van der Waals surface area contributed by atoms with Gasteiger partial charge in [0.1, 0.15) is 0 Å². The Kier molecular flexibility index (Phi) is 3.10. The molecule has 0 N–H and O–H groups in total. The summed E-state index contributed by atoms with van der Waals surface area (Å²) in [6, 6.07) is 5.38. The van der Waals surface area contributed by atoms with E-state index in [0.717, 1.165) is 16.5 Å². The van der Waals surface area contributed by atoms with E-state index >= 15 is 0 Å². The van der Waals surface area contributed by atoms with Gasteiger partial charge in [0.2, 0.25) is 5.91 Å². The molecule has 0 aromatic heterocycles. The quantitative estimate of drug-likeness (QED) is 0.742. The normalized spacial score (nSPS) is 15.6. The number of hydrogen-bond donors (Lipinski definition) is 0. The summed E-state index contributed by atoms with van der Waals surface area (Å²) in [5.41, 5.74) is 1.58. The molecule has 0 bridgehead atoms. The Morgan fingerprint density at radius 3 is 2.75 bits per heavy atom. The molecule has 1 aliphatic heterocycles. The van der Waals surface area contributed by atoms with Crippen molar-refractivity contribution in [1.82, 2.24) is 4.90 Å². The van der Waals surface area contributed by atoms with Crippen LogP contribution in [-0.4, -0.2) is 23.3 Å². The van der Waals surface area contributed by atoms with Gasteiger partial charge in [-0.25, -0.2) is 0 Å². The van der Waals surface area contributed by atoms with E-state index in [1.807, 2.05) is 13.0 Å². The molecule has 0 aliphatic carbocycles. The minimum Gasteiger partial charge on any atom is -0.279 e. The minimum absolute atomic E-state index is 0.0643. The Labute approximate surface area is 103 Å². The van der Waals surface area contributed by atoms with Gasteiger partial charge in [-0.15, -0.1) is 0 Å². The van der Waals surface area contributed by atoms with Crippen molar-refractivity contribution in [3.8, 4) is 0 Å². The summed E-state index contributed by atoms with van der Waals surface area (Å²) in [7, 11) is 0. The molecule has 2 amide bonds. The van der Waals surface area contributed by atoms with E-state index < -0.39 is 0 Å². The van der Waals surface area contributed by atoms with Gasteiger partial charge in [0, 0.05) is 23.0 Å². The summed E-state index contributed by atoms with van der Waals surface area (Å²) in [5.74, 6) is -0.247. The first-order valence-electron chi connectivity index (χ1n) is 5.20. The first-order chi connectivity index (χ1) is 7.59. The molecule has 1 aromatic carbocycles. The number of rotatable bonds is 1. The van der Waals surface area contributed by atoms with Crippen LogP contribution in [0.1, 0.15) is 28.8 Å². The minimum atomic E-state index is -0.182. The highest BCUT2D eigenvalue weighted by Gasteiger charge is 2.27. The van der Waals surface area contributed by atoms with E-state index in [-0.39, 0.29) is 11.8 Å². The number of halogens is 1. The highest BCUT2D eigenvalue weighted by atomic mass is 79.9. The Hall–Kier alpha value is -1.16. The molecule has 1 saturated heterocycles. The van der Waals surface area contributed by atoms with E-state index in [2.05, 4.69) is 15.9 Å². The third-order valence-corrected chi connectivity index (χ3v) is 3.61. The molecule has 1 aliphatic rings. The van der Waals surface area contributed by atoms with Crippen molar-refractivity contribution < 1.29 is 9.59 Å². The topological polar surface area (TPSA) is 37.4 Å². The number of carbonyl (C=O) groups excluding carboxylic acids is 2. The van der Waals surface area contributed by atoms with Gasteiger partial charge in [0.25, 0.3) is 5.91 Å². The van der Waals surface area contributed by atoms with Crippen LogP contribution in [0.25, 0.3) is 0 Å². The average Bonchev–Trinajstić information content (AvgIpc) is 2.67. The van der Waals surface area contributed by atoms with E-state index in [1.54, 1.807) is 12.1 Å². The molecule has 3 nitrogen and oxygen atoms in total. The third-order valence-electron chi connectivity index (χ3n) is 2.72. The molecule has 1 fully saturated rings. The summed E-state index contributed by atoms with van der Waals surface area (Å²) in [6.07, 6.45) is 1.27. The SMILES string of the molecule is Cc1cc(C(=O)N2CCCC2=O)ccc1Br. The van der Waals surface area contributed by atoms with Crippen molar-refractivity contribution in [1.29, 1.82) is 0 Å². The van der Waals surface area contributed by atoms with Crippen molar-refractivity contribution in [3.05, 3.63) is 33.8 Å². The van der Waals surface area contributed by atoms with E-state index in [4.69, 9.17) is 0 Å². The van der Waals surface area contributed by atoms with Crippen LogP contribution in [0.2, 0.25) is 0 Å². The largest absolute Gasteiger partial charge is 0.279 e. The molecule has 84 valence electrons. The first kappa shape index (κ1) is 11.3. The van der Waals surface area contributed by atoms with E-state index in [0.29, 0.717) is 18.5 Å².